The zero-order chi connectivity index (χ0) is 18.2. The summed E-state index contributed by atoms with van der Waals surface area (Å²) in [7, 11) is 3.26. The average molecular weight is 354 g/mol. The first-order chi connectivity index (χ1) is 12.8. The van der Waals surface area contributed by atoms with Gasteiger partial charge < -0.3 is 20.1 Å². The lowest BCUT2D eigenvalue weighted by Gasteiger charge is -2.14. The molecule has 1 aliphatic rings. The fraction of sp³-hybridized carbons (Fsp3) is 0.400. The third-order valence-corrected chi connectivity index (χ3v) is 4.45. The summed E-state index contributed by atoms with van der Waals surface area (Å²) >= 11 is 0. The molecule has 0 fully saturated rings. The van der Waals surface area contributed by atoms with Crippen LogP contribution in [-0.4, -0.2) is 30.7 Å². The number of nitrogens with one attached hydrogen (secondary N) is 2. The Bertz CT molecular complexity index is 761. The fourth-order valence-corrected chi connectivity index (χ4v) is 3.03. The van der Waals surface area contributed by atoms with Crippen LogP contribution in [0, 0.1) is 0 Å². The summed E-state index contributed by atoms with van der Waals surface area (Å²) in [5.41, 5.74) is 2.31. The molecule has 2 N–H and O–H groups in total. The highest BCUT2D eigenvalue weighted by atomic mass is 16.5. The summed E-state index contributed by atoms with van der Waals surface area (Å²) in [6, 6.07) is 7.44. The fourth-order valence-electron chi connectivity index (χ4n) is 3.03. The Hall–Kier alpha value is -2.76. The van der Waals surface area contributed by atoms with Crippen molar-refractivity contribution in [3.63, 3.8) is 0 Å². The number of aromatic nitrogens is 2. The molecule has 1 aromatic heterocycles. The molecule has 6 heteroatoms. The van der Waals surface area contributed by atoms with Crippen molar-refractivity contribution >= 4 is 17.5 Å². The van der Waals surface area contributed by atoms with Crippen LogP contribution >= 0.6 is 0 Å². The van der Waals surface area contributed by atoms with Crippen LogP contribution in [0.25, 0.3) is 0 Å². The third kappa shape index (κ3) is 4.88. The van der Waals surface area contributed by atoms with Crippen LogP contribution in [0.15, 0.2) is 42.1 Å². The topological polar surface area (TPSA) is 68.3 Å². The van der Waals surface area contributed by atoms with E-state index in [1.54, 1.807) is 26.0 Å². The Kier molecular flexibility index (Phi) is 6.30. The van der Waals surface area contributed by atoms with E-state index in [9.17, 15) is 0 Å². The van der Waals surface area contributed by atoms with Crippen LogP contribution in [0.5, 0.6) is 11.5 Å². The monoisotopic (exact) mass is 354 g/mol. The highest BCUT2D eigenvalue weighted by Gasteiger charge is 2.08. The summed E-state index contributed by atoms with van der Waals surface area (Å²) in [6.45, 7) is 0.880. The molecule has 0 unspecified atom stereocenters. The molecular weight excluding hydrogens is 328 g/mol. The number of anilines is 3. The molecule has 6 nitrogen and oxygen atoms in total. The summed E-state index contributed by atoms with van der Waals surface area (Å²) in [5.74, 6) is 2.76. The van der Waals surface area contributed by atoms with Gasteiger partial charge in [-0.25, -0.2) is 4.98 Å². The molecule has 0 amide bonds. The lowest BCUT2D eigenvalue weighted by molar-refractivity contribution is 0.405. The second-order valence-electron chi connectivity index (χ2n) is 6.24. The van der Waals surface area contributed by atoms with Gasteiger partial charge in [-0.1, -0.05) is 11.6 Å². The molecule has 0 aliphatic heterocycles. The van der Waals surface area contributed by atoms with E-state index >= 15 is 0 Å². The Morgan fingerprint density at radius 2 is 2.04 bits per heavy atom. The molecule has 0 bridgehead atoms. The van der Waals surface area contributed by atoms with Crippen molar-refractivity contribution in [2.75, 3.05) is 31.4 Å². The van der Waals surface area contributed by atoms with Crippen LogP contribution in [0.1, 0.15) is 32.1 Å². The maximum absolute atomic E-state index is 5.38. The second kappa shape index (κ2) is 9.08. The van der Waals surface area contributed by atoms with Crippen molar-refractivity contribution in [3.05, 3.63) is 42.1 Å². The molecule has 1 aliphatic carbocycles. The highest BCUT2D eigenvalue weighted by Crippen LogP contribution is 2.30. The van der Waals surface area contributed by atoms with Crippen molar-refractivity contribution in [2.45, 2.75) is 32.1 Å². The van der Waals surface area contributed by atoms with Gasteiger partial charge in [0, 0.05) is 18.8 Å². The van der Waals surface area contributed by atoms with Crippen molar-refractivity contribution in [3.8, 4) is 11.5 Å². The molecule has 0 saturated carbocycles. The molecule has 2 aromatic rings. The van der Waals surface area contributed by atoms with Crippen LogP contribution in [0.3, 0.4) is 0 Å². The quantitative estimate of drug-likeness (QED) is 0.678. The SMILES string of the molecule is COc1ccc(OC)c(Nc2nccc(NCCC3=CCCCC3)n2)c1. The standard InChI is InChI=1S/C20H26N4O2/c1-25-16-8-9-18(26-2)17(14-16)23-20-22-13-11-19(24-20)21-12-10-15-6-4-3-5-7-15/h6,8-9,11,13-14H,3-5,7,10,12H2,1-2H3,(H2,21,22,23,24). The van der Waals surface area contributed by atoms with Crippen LogP contribution in [-0.2, 0) is 0 Å². The Morgan fingerprint density at radius 1 is 1.12 bits per heavy atom. The second-order valence-corrected chi connectivity index (χ2v) is 6.24. The summed E-state index contributed by atoms with van der Waals surface area (Å²) in [6.07, 6.45) is 10.3. The lowest BCUT2D eigenvalue weighted by atomic mass is 9.97. The molecule has 0 radical (unpaired) electrons. The summed E-state index contributed by atoms with van der Waals surface area (Å²) in [5, 5.41) is 6.58. The smallest absolute Gasteiger partial charge is 0.229 e. The van der Waals surface area contributed by atoms with Crippen LogP contribution in [0.4, 0.5) is 17.5 Å². The highest BCUT2D eigenvalue weighted by molar-refractivity contribution is 5.65. The van der Waals surface area contributed by atoms with E-state index in [1.165, 1.54) is 25.7 Å². The Morgan fingerprint density at radius 3 is 2.81 bits per heavy atom. The predicted octanol–water partition coefficient (Wildman–Crippen LogP) is 4.54. The van der Waals surface area contributed by atoms with Crippen molar-refractivity contribution < 1.29 is 9.47 Å². The zero-order valence-electron chi connectivity index (χ0n) is 15.4. The van der Waals surface area contributed by atoms with Gasteiger partial charge in [0.15, 0.2) is 0 Å². The van der Waals surface area contributed by atoms with E-state index in [0.717, 1.165) is 30.2 Å². The molecule has 1 aromatic carbocycles. The number of hydrogen-bond donors (Lipinski definition) is 2. The van der Waals surface area contributed by atoms with Crippen molar-refractivity contribution in [1.29, 1.82) is 0 Å². The minimum atomic E-state index is 0.512. The average Bonchev–Trinajstić information content (AvgIpc) is 2.69. The van der Waals surface area contributed by atoms with Crippen molar-refractivity contribution in [2.24, 2.45) is 0 Å². The Labute approximate surface area is 154 Å². The molecule has 26 heavy (non-hydrogen) atoms. The molecule has 3 rings (SSSR count). The molecule has 0 atom stereocenters. The zero-order valence-corrected chi connectivity index (χ0v) is 15.4. The molecular formula is C20H26N4O2. The number of allylic oxidation sites excluding steroid dienone is 1. The number of nitrogens with zero attached hydrogens (tertiary/aromatic N) is 2. The molecule has 0 saturated heterocycles. The first-order valence-electron chi connectivity index (χ1n) is 9.02. The minimum absolute atomic E-state index is 0.512. The van der Waals surface area contributed by atoms with Gasteiger partial charge >= 0.3 is 0 Å². The number of rotatable bonds is 8. The van der Waals surface area contributed by atoms with Gasteiger partial charge in [-0.3, -0.25) is 0 Å². The summed E-state index contributed by atoms with van der Waals surface area (Å²) in [4.78, 5) is 8.83. The number of benzene rings is 1. The number of hydrogen-bond acceptors (Lipinski definition) is 6. The first-order valence-corrected chi connectivity index (χ1v) is 9.02. The summed E-state index contributed by atoms with van der Waals surface area (Å²) < 4.78 is 10.7. The lowest BCUT2D eigenvalue weighted by Crippen LogP contribution is -2.07. The van der Waals surface area contributed by atoms with Gasteiger partial charge in [-0.05, 0) is 50.3 Å². The Balaban J connectivity index is 1.63. The largest absolute Gasteiger partial charge is 0.497 e. The van der Waals surface area contributed by atoms with E-state index in [-0.39, 0.29) is 0 Å². The maximum Gasteiger partial charge on any atom is 0.229 e. The molecule has 0 spiro atoms. The van der Waals surface area contributed by atoms with Crippen molar-refractivity contribution in [1.82, 2.24) is 9.97 Å². The van der Waals surface area contributed by atoms with E-state index in [1.807, 2.05) is 24.3 Å². The van der Waals surface area contributed by atoms with E-state index in [0.29, 0.717) is 11.7 Å². The van der Waals surface area contributed by atoms with E-state index in [4.69, 9.17) is 9.47 Å². The predicted molar refractivity (Wildman–Crippen MR) is 105 cm³/mol. The number of methoxy groups -OCH3 is 2. The number of ether oxygens (including phenoxy) is 2. The molecule has 138 valence electrons. The first kappa shape index (κ1) is 18.0. The van der Waals surface area contributed by atoms with Gasteiger partial charge in [0.2, 0.25) is 5.95 Å². The molecule has 1 heterocycles. The normalized spacial score (nSPS) is 13.7. The van der Waals surface area contributed by atoms with E-state index in [2.05, 4.69) is 26.7 Å². The van der Waals surface area contributed by atoms with E-state index < -0.39 is 0 Å². The van der Waals surface area contributed by atoms with Gasteiger partial charge in [0.05, 0.1) is 19.9 Å². The van der Waals surface area contributed by atoms with Crippen LogP contribution in [0.2, 0.25) is 0 Å². The maximum atomic E-state index is 5.38. The van der Waals surface area contributed by atoms with Gasteiger partial charge in [-0.15, -0.1) is 0 Å². The van der Waals surface area contributed by atoms with Crippen LogP contribution < -0.4 is 20.1 Å². The van der Waals surface area contributed by atoms with Gasteiger partial charge in [-0.2, -0.15) is 4.98 Å². The van der Waals surface area contributed by atoms with Gasteiger partial charge in [0.25, 0.3) is 0 Å². The third-order valence-electron chi connectivity index (χ3n) is 4.45. The minimum Gasteiger partial charge on any atom is -0.497 e. The van der Waals surface area contributed by atoms with Gasteiger partial charge in [0.1, 0.15) is 17.3 Å².